The smallest absolute Gasteiger partial charge is 0.164 e. The first-order chi connectivity index (χ1) is 9.83. The highest BCUT2D eigenvalue weighted by atomic mass is 16.1. The van der Waals surface area contributed by atoms with Gasteiger partial charge in [-0.2, -0.15) is 0 Å². The Hall–Kier alpha value is -1.96. The average molecular weight is 263 g/mol. The van der Waals surface area contributed by atoms with E-state index >= 15 is 0 Å². The van der Waals surface area contributed by atoms with Gasteiger partial charge in [0.05, 0.1) is 11.4 Å². The molecule has 0 N–H and O–H groups in total. The van der Waals surface area contributed by atoms with Crippen molar-refractivity contribution in [3.8, 4) is 11.3 Å². The normalized spacial score (nSPS) is 16.9. The number of Topliss-reactive ketones (excluding diaryl/α,β-unsaturated/α-hetero) is 1. The highest BCUT2D eigenvalue weighted by Gasteiger charge is 2.23. The van der Waals surface area contributed by atoms with Gasteiger partial charge in [0.15, 0.2) is 5.78 Å². The second-order valence-corrected chi connectivity index (χ2v) is 5.78. The lowest BCUT2D eigenvalue weighted by Crippen LogP contribution is -2.14. The zero-order valence-corrected chi connectivity index (χ0v) is 11.5. The minimum Gasteiger partial charge on any atom is -0.294 e. The number of pyridine rings is 1. The third kappa shape index (κ3) is 1.79. The van der Waals surface area contributed by atoms with Crippen molar-refractivity contribution >= 4 is 5.78 Å². The molecule has 0 saturated carbocycles. The summed E-state index contributed by atoms with van der Waals surface area (Å²) < 4.78 is 0. The highest BCUT2D eigenvalue weighted by molar-refractivity contribution is 5.98. The lowest BCUT2D eigenvalue weighted by atomic mass is 9.91. The molecule has 2 aliphatic rings. The van der Waals surface area contributed by atoms with Crippen LogP contribution in [-0.4, -0.2) is 10.8 Å². The maximum absolute atomic E-state index is 12.1. The molecular formula is C18H17NO. The van der Waals surface area contributed by atoms with Crippen LogP contribution in [0.5, 0.6) is 0 Å². The van der Waals surface area contributed by atoms with Gasteiger partial charge in [-0.15, -0.1) is 0 Å². The van der Waals surface area contributed by atoms with Crippen molar-refractivity contribution in [2.75, 3.05) is 0 Å². The highest BCUT2D eigenvalue weighted by Crippen LogP contribution is 2.33. The van der Waals surface area contributed by atoms with E-state index in [1.54, 1.807) is 0 Å². The van der Waals surface area contributed by atoms with Gasteiger partial charge in [-0.1, -0.05) is 24.3 Å². The van der Waals surface area contributed by atoms with Gasteiger partial charge in [0.2, 0.25) is 0 Å². The largest absolute Gasteiger partial charge is 0.294 e. The quantitative estimate of drug-likeness (QED) is 0.724. The Morgan fingerprint density at radius 1 is 0.850 bits per heavy atom. The number of aromatic nitrogens is 1. The van der Waals surface area contributed by atoms with Crippen molar-refractivity contribution in [1.82, 2.24) is 4.98 Å². The molecule has 0 unspecified atom stereocenters. The second kappa shape index (κ2) is 4.55. The molecule has 0 amide bonds. The van der Waals surface area contributed by atoms with E-state index in [-0.39, 0.29) is 5.78 Å². The summed E-state index contributed by atoms with van der Waals surface area (Å²) in [6.07, 6.45) is 5.83. The van der Waals surface area contributed by atoms with Crippen LogP contribution in [0.2, 0.25) is 0 Å². The SMILES string of the molecule is O=C1CCCc2nc3c(cc21)CCCc1ccccc1-3. The summed E-state index contributed by atoms with van der Waals surface area (Å²) >= 11 is 0. The molecule has 1 aromatic heterocycles. The molecule has 2 aliphatic carbocycles. The van der Waals surface area contributed by atoms with E-state index in [4.69, 9.17) is 4.98 Å². The Bertz CT molecular complexity index is 703. The number of rotatable bonds is 0. The van der Waals surface area contributed by atoms with E-state index in [2.05, 4.69) is 30.3 Å². The molecule has 2 aromatic rings. The molecule has 0 fully saturated rings. The van der Waals surface area contributed by atoms with Crippen LogP contribution in [0.15, 0.2) is 30.3 Å². The summed E-state index contributed by atoms with van der Waals surface area (Å²) in [5.74, 6) is 0.277. The van der Waals surface area contributed by atoms with Crippen LogP contribution in [0.4, 0.5) is 0 Å². The van der Waals surface area contributed by atoms with Gasteiger partial charge in [0.25, 0.3) is 0 Å². The van der Waals surface area contributed by atoms with Crippen molar-refractivity contribution in [2.24, 2.45) is 0 Å². The lowest BCUT2D eigenvalue weighted by Gasteiger charge is -2.17. The van der Waals surface area contributed by atoms with Crippen LogP contribution >= 0.6 is 0 Å². The fourth-order valence-corrected chi connectivity index (χ4v) is 3.44. The Balaban J connectivity index is 1.96. The number of fused-ring (bicyclic) bond motifs is 4. The molecule has 100 valence electrons. The molecule has 0 bridgehead atoms. The molecule has 2 heteroatoms. The Morgan fingerprint density at radius 3 is 2.60 bits per heavy atom. The van der Waals surface area contributed by atoms with Gasteiger partial charge >= 0.3 is 0 Å². The van der Waals surface area contributed by atoms with Crippen molar-refractivity contribution < 1.29 is 4.79 Å². The van der Waals surface area contributed by atoms with Gasteiger partial charge in [0, 0.05) is 17.5 Å². The molecule has 0 saturated heterocycles. The molecule has 0 radical (unpaired) electrons. The Morgan fingerprint density at radius 2 is 1.65 bits per heavy atom. The maximum Gasteiger partial charge on any atom is 0.164 e. The second-order valence-electron chi connectivity index (χ2n) is 5.78. The topological polar surface area (TPSA) is 30.0 Å². The van der Waals surface area contributed by atoms with E-state index in [9.17, 15) is 4.79 Å². The number of carbonyl (C=O) groups is 1. The van der Waals surface area contributed by atoms with Crippen molar-refractivity contribution in [3.63, 3.8) is 0 Å². The predicted octanol–water partition coefficient (Wildman–Crippen LogP) is 3.76. The van der Waals surface area contributed by atoms with Crippen LogP contribution in [0.3, 0.4) is 0 Å². The van der Waals surface area contributed by atoms with Crippen LogP contribution < -0.4 is 0 Å². The molecule has 1 heterocycles. The Kier molecular flexibility index (Phi) is 2.69. The van der Waals surface area contributed by atoms with Crippen LogP contribution in [0.1, 0.15) is 46.4 Å². The summed E-state index contributed by atoms with van der Waals surface area (Å²) in [7, 11) is 0. The molecule has 0 aliphatic heterocycles. The molecular weight excluding hydrogens is 246 g/mol. The third-order valence-electron chi connectivity index (χ3n) is 4.46. The van der Waals surface area contributed by atoms with E-state index in [0.717, 1.165) is 49.1 Å². The average Bonchev–Trinajstić information content (AvgIpc) is 2.65. The molecule has 0 atom stereocenters. The summed E-state index contributed by atoms with van der Waals surface area (Å²) in [5, 5.41) is 0. The summed E-state index contributed by atoms with van der Waals surface area (Å²) in [4.78, 5) is 16.9. The standard InChI is InChI=1S/C18H17NO/c20-17-10-4-9-16-15(17)11-13-7-3-6-12-5-1-2-8-14(12)18(13)19-16/h1-2,5,8,11H,3-4,6-7,9-10H2. The van der Waals surface area contributed by atoms with Crippen LogP contribution in [-0.2, 0) is 19.3 Å². The van der Waals surface area contributed by atoms with E-state index in [1.165, 1.54) is 16.7 Å². The van der Waals surface area contributed by atoms with Crippen molar-refractivity contribution in [2.45, 2.75) is 38.5 Å². The monoisotopic (exact) mass is 263 g/mol. The minimum absolute atomic E-state index is 0.277. The zero-order chi connectivity index (χ0) is 13.5. The van der Waals surface area contributed by atoms with Crippen LogP contribution in [0, 0.1) is 0 Å². The van der Waals surface area contributed by atoms with Gasteiger partial charge in [-0.25, -0.2) is 0 Å². The predicted molar refractivity (Wildman–Crippen MR) is 79.0 cm³/mol. The zero-order valence-electron chi connectivity index (χ0n) is 11.5. The maximum atomic E-state index is 12.1. The molecule has 20 heavy (non-hydrogen) atoms. The van der Waals surface area contributed by atoms with Gasteiger partial charge in [-0.3, -0.25) is 9.78 Å². The fourth-order valence-electron chi connectivity index (χ4n) is 3.44. The number of hydrogen-bond acceptors (Lipinski definition) is 2. The van der Waals surface area contributed by atoms with Gasteiger partial charge < -0.3 is 0 Å². The number of benzene rings is 1. The van der Waals surface area contributed by atoms with E-state index < -0.39 is 0 Å². The summed E-state index contributed by atoms with van der Waals surface area (Å²) in [6.45, 7) is 0. The molecule has 0 spiro atoms. The first-order valence-electron chi connectivity index (χ1n) is 7.47. The Labute approximate surface area is 118 Å². The van der Waals surface area contributed by atoms with E-state index in [0.29, 0.717) is 6.42 Å². The van der Waals surface area contributed by atoms with E-state index in [1.807, 2.05) is 0 Å². The molecule has 1 aromatic carbocycles. The van der Waals surface area contributed by atoms with Crippen molar-refractivity contribution in [1.29, 1.82) is 0 Å². The number of carbonyl (C=O) groups excluding carboxylic acids is 1. The summed E-state index contributed by atoms with van der Waals surface area (Å²) in [5.41, 5.74) is 6.92. The fraction of sp³-hybridized carbons (Fsp3) is 0.333. The molecule has 2 nitrogen and oxygen atoms in total. The van der Waals surface area contributed by atoms with Crippen molar-refractivity contribution in [3.05, 3.63) is 52.7 Å². The number of hydrogen-bond donors (Lipinski definition) is 0. The van der Waals surface area contributed by atoms with Gasteiger partial charge in [-0.05, 0) is 49.3 Å². The number of nitrogens with zero attached hydrogens (tertiary/aromatic N) is 1. The van der Waals surface area contributed by atoms with Crippen LogP contribution in [0.25, 0.3) is 11.3 Å². The first-order valence-corrected chi connectivity index (χ1v) is 7.47. The first kappa shape index (κ1) is 11.8. The molecule has 4 rings (SSSR count). The lowest BCUT2D eigenvalue weighted by molar-refractivity contribution is 0.0971. The van der Waals surface area contributed by atoms with Gasteiger partial charge in [0.1, 0.15) is 0 Å². The third-order valence-corrected chi connectivity index (χ3v) is 4.46. The summed E-state index contributed by atoms with van der Waals surface area (Å²) in [6, 6.07) is 10.7. The number of aryl methyl sites for hydroxylation is 3. The number of ketones is 1. The minimum atomic E-state index is 0.277.